The maximum Gasteiger partial charge on any atom is 0.244 e. The van der Waals surface area contributed by atoms with Gasteiger partial charge in [0.25, 0.3) is 0 Å². The highest BCUT2D eigenvalue weighted by atomic mass is 32.2. The Balaban J connectivity index is 1.82. The van der Waals surface area contributed by atoms with E-state index in [1.54, 1.807) is 30.3 Å². The number of para-hydroxylation sites is 1. The van der Waals surface area contributed by atoms with E-state index < -0.39 is 21.0 Å². The zero-order valence-corrected chi connectivity index (χ0v) is 11.7. The number of carbonyl (C=O) groups excluding carboxylic acids is 1. The molecule has 1 atom stereocenters. The molecule has 0 fully saturated rings. The summed E-state index contributed by atoms with van der Waals surface area (Å²) in [6.07, 6.45) is 2.64. The number of nitrogens with zero attached hydrogens (tertiary/aromatic N) is 1. The first-order valence-electron chi connectivity index (χ1n) is 6.26. The number of aliphatic imine (C=N–C) groups is 1. The van der Waals surface area contributed by atoms with Crippen LogP contribution in [-0.2, 0) is 21.2 Å². The van der Waals surface area contributed by atoms with Crippen molar-refractivity contribution in [3.05, 3.63) is 48.4 Å². The van der Waals surface area contributed by atoms with Crippen LogP contribution < -0.4 is 5.32 Å². The summed E-state index contributed by atoms with van der Waals surface area (Å²) in [5, 5.41) is 1.22. The maximum absolute atomic E-state index is 12.4. The number of benzene rings is 1. The van der Waals surface area contributed by atoms with Gasteiger partial charge in [-0.3, -0.25) is 9.79 Å². The molecule has 108 valence electrons. The number of rotatable bonds is 3. The van der Waals surface area contributed by atoms with E-state index in [0.717, 1.165) is 6.21 Å². The van der Waals surface area contributed by atoms with E-state index in [1.807, 2.05) is 0 Å². The molecule has 0 saturated carbocycles. The summed E-state index contributed by atoms with van der Waals surface area (Å²) >= 11 is 0. The first-order chi connectivity index (χ1) is 10.1. The average molecular weight is 304 g/mol. The lowest BCUT2D eigenvalue weighted by Gasteiger charge is -2.18. The van der Waals surface area contributed by atoms with Gasteiger partial charge < -0.3 is 9.73 Å². The lowest BCUT2D eigenvalue weighted by Crippen LogP contribution is -2.41. The highest BCUT2D eigenvalue weighted by molar-refractivity contribution is 7.93. The summed E-state index contributed by atoms with van der Waals surface area (Å²) in [7, 11) is -3.77. The quantitative estimate of drug-likeness (QED) is 0.929. The summed E-state index contributed by atoms with van der Waals surface area (Å²) in [5.74, 6) is -0.0708. The van der Waals surface area contributed by atoms with Gasteiger partial charge in [0, 0.05) is 6.21 Å². The molecular weight excluding hydrogens is 292 g/mol. The molecular formula is C14H12N2O4S. The Bertz CT molecular complexity index is 794. The van der Waals surface area contributed by atoms with Crippen LogP contribution >= 0.6 is 0 Å². The largest absolute Gasteiger partial charge is 0.467 e. The minimum Gasteiger partial charge on any atom is -0.467 e. The Hall–Kier alpha value is -2.41. The Morgan fingerprint density at radius 1 is 1.24 bits per heavy atom. The monoisotopic (exact) mass is 304 g/mol. The van der Waals surface area contributed by atoms with E-state index in [0.29, 0.717) is 11.4 Å². The third-order valence-corrected chi connectivity index (χ3v) is 5.09. The zero-order valence-electron chi connectivity index (χ0n) is 10.9. The van der Waals surface area contributed by atoms with Gasteiger partial charge in [0.05, 0.1) is 23.4 Å². The summed E-state index contributed by atoms with van der Waals surface area (Å²) in [5.41, 5.74) is 0.354. The molecule has 21 heavy (non-hydrogen) atoms. The molecule has 2 heterocycles. The molecule has 0 bridgehead atoms. The second kappa shape index (κ2) is 5.17. The second-order valence-corrected chi connectivity index (χ2v) is 6.55. The van der Waals surface area contributed by atoms with Gasteiger partial charge in [0.1, 0.15) is 5.76 Å². The third kappa shape index (κ3) is 2.47. The number of fused-ring (bicyclic) bond motifs is 1. The molecule has 1 aliphatic rings. The van der Waals surface area contributed by atoms with Crippen LogP contribution in [0.15, 0.2) is 57.0 Å². The zero-order chi connectivity index (χ0) is 14.9. The Morgan fingerprint density at radius 3 is 2.81 bits per heavy atom. The molecule has 1 aliphatic heterocycles. The number of carbonyl (C=O) groups is 1. The molecule has 1 aromatic heterocycles. The Kier molecular flexibility index (Phi) is 3.34. The Labute approximate surface area is 121 Å². The fraction of sp³-hybridized carbons (Fsp3) is 0.143. The molecule has 1 amide bonds. The van der Waals surface area contributed by atoms with Gasteiger partial charge in [-0.15, -0.1) is 0 Å². The molecule has 1 N–H and O–H groups in total. The van der Waals surface area contributed by atoms with Gasteiger partial charge >= 0.3 is 0 Å². The van der Waals surface area contributed by atoms with E-state index >= 15 is 0 Å². The van der Waals surface area contributed by atoms with E-state index in [9.17, 15) is 13.2 Å². The van der Waals surface area contributed by atoms with Gasteiger partial charge in [-0.1, -0.05) is 12.1 Å². The standard InChI is InChI=1S/C14H12N2O4S/c17-14(16-8-10-4-3-7-20-10)13-9-15-11-5-1-2-6-12(11)21(13,18)19/h1-7,9,13H,8H2,(H,16,17). The number of amides is 1. The summed E-state index contributed by atoms with van der Waals surface area (Å²) in [6.45, 7) is 0.132. The Morgan fingerprint density at radius 2 is 2.05 bits per heavy atom. The summed E-state index contributed by atoms with van der Waals surface area (Å²) in [6, 6.07) is 9.74. The topological polar surface area (TPSA) is 88.7 Å². The van der Waals surface area contributed by atoms with Crippen LogP contribution in [0.4, 0.5) is 5.69 Å². The molecule has 2 aromatic rings. The molecule has 7 heteroatoms. The second-order valence-electron chi connectivity index (χ2n) is 4.51. The maximum atomic E-state index is 12.4. The SMILES string of the molecule is O=C(NCc1ccco1)C1C=Nc2ccccc2S1(=O)=O. The number of furan rings is 1. The van der Waals surface area contributed by atoms with Crippen LogP contribution in [0.5, 0.6) is 0 Å². The van der Waals surface area contributed by atoms with E-state index in [4.69, 9.17) is 4.42 Å². The first kappa shape index (κ1) is 13.6. The molecule has 0 saturated heterocycles. The smallest absolute Gasteiger partial charge is 0.244 e. The summed E-state index contributed by atoms with van der Waals surface area (Å²) < 4.78 is 29.9. The highest BCUT2D eigenvalue weighted by Crippen LogP contribution is 2.30. The highest BCUT2D eigenvalue weighted by Gasteiger charge is 2.36. The predicted octanol–water partition coefficient (Wildman–Crippen LogP) is 1.45. The van der Waals surface area contributed by atoms with Crippen LogP contribution in [0.25, 0.3) is 0 Å². The summed E-state index contributed by atoms with van der Waals surface area (Å²) in [4.78, 5) is 16.2. The van der Waals surface area contributed by atoms with Crippen molar-refractivity contribution in [2.45, 2.75) is 16.7 Å². The number of hydrogen-bond donors (Lipinski definition) is 1. The average Bonchev–Trinajstić information content (AvgIpc) is 2.98. The molecule has 1 unspecified atom stereocenters. The van der Waals surface area contributed by atoms with E-state index in [2.05, 4.69) is 10.3 Å². The van der Waals surface area contributed by atoms with Crippen LogP contribution in [-0.4, -0.2) is 25.8 Å². The molecule has 0 spiro atoms. The van der Waals surface area contributed by atoms with Crippen LogP contribution in [0.3, 0.4) is 0 Å². The fourth-order valence-electron chi connectivity index (χ4n) is 2.07. The normalized spacial score (nSPS) is 19.0. The van der Waals surface area contributed by atoms with Crippen molar-refractivity contribution in [2.75, 3.05) is 0 Å². The molecule has 6 nitrogen and oxygen atoms in total. The first-order valence-corrected chi connectivity index (χ1v) is 7.81. The van der Waals surface area contributed by atoms with Crippen molar-refractivity contribution >= 4 is 27.6 Å². The lowest BCUT2D eigenvalue weighted by atomic mass is 10.3. The fourth-order valence-corrected chi connectivity index (χ4v) is 3.61. The van der Waals surface area contributed by atoms with Gasteiger partial charge in [0.15, 0.2) is 15.1 Å². The van der Waals surface area contributed by atoms with Crippen molar-refractivity contribution in [3.8, 4) is 0 Å². The van der Waals surface area contributed by atoms with Crippen molar-refractivity contribution in [3.63, 3.8) is 0 Å². The molecule has 0 aliphatic carbocycles. The van der Waals surface area contributed by atoms with E-state index in [1.165, 1.54) is 12.3 Å². The predicted molar refractivity (Wildman–Crippen MR) is 76.1 cm³/mol. The van der Waals surface area contributed by atoms with Gasteiger partial charge in [-0.25, -0.2) is 8.42 Å². The van der Waals surface area contributed by atoms with Gasteiger partial charge in [-0.2, -0.15) is 0 Å². The lowest BCUT2D eigenvalue weighted by molar-refractivity contribution is -0.119. The molecule has 3 rings (SSSR count). The van der Waals surface area contributed by atoms with Crippen molar-refractivity contribution in [2.24, 2.45) is 4.99 Å². The van der Waals surface area contributed by atoms with E-state index in [-0.39, 0.29) is 11.4 Å². The minimum atomic E-state index is -3.77. The van der Waals surface area contributed by atoms with Crippen LogP contribution in [0.2, 0.25) is 0 Å². The van der Waals surface area contributed by atoms with Gasteiger partial charge in [-0.05, 0) is 24.3 Å². The third-order valence-electron chi connectivity index (χ3n) is 3.13. The minimum absolute atomic E-state index is 0.0747. The molecule has 0 radical (unpaired) electrons. The van der Waals surface area contributed by atoms with Gasteiger partial charge in [0.2, 0.25) is 5.91 Å². The molecule has 1 aromatic carbocycles. The van der Waals surface area contributed by atoms with Crippen molar-refractivity contribution in [1.82, 2.24) is 5.32 Å². The van der Waals surface area contributed by atoms with Crippen LogP contribution in [0.1, 0.15) is 5.76 Å². The van der Waals surface area contributed by atoms with Crippen molar-refractivity contribution in [1.29, 1.82) is 0 Å². The van der Waals surface area contributed by atoms with Crippen LogP contribution in [0, 0.1) is 0 Å². The number of hydrogen-bond acceptors (Lipinski definition) is 5. The number of nitrogens with one attached hydrogen (secondary N) is 1. The number of sulfone groups is 1. The van der Waals surface area contributed by atoms with Crippen molar-refractivity contribution < 1.29 is 17.6 Å².